The van der Waals surface area contributed by atoms with Crippen LogP contribution < -0.4 is 17.0 Å². The average molecular weight is 271 g/mol. The van der Waals surface area contributed by atoms with Crippen molar-refractivity contribution in [1.82, 2.24) is 19.7 Å². The lowest BCUT2D eigenvalue weighted by Gasteiger charge is -2.01. The van der Waals surface area contributed by atoms with Crippen molar-refractivity contribution < 1.29 is 4.79 Å². The van der Waals surface area contributed by atoms with Crippen molar-refractivity contribution in [3.8, 4) is 0 Å². The van der Waals surface area contributed by atoms with Gasteiger partial charge in [-0.05, 0) is 24.3 Å². The van der Waals surface area contributed by atoms with Gasteiger partial charge in [0.15, 0.2) is 0 Å². The summed E-state index contributed by atoms with van der Waals surface area (Å²) >= 11 is 0. The number of nitrogen functional groups attached to an aromatic ring is 1. The molecule has 20 heavy (non-hydrogen) atoms. The predicted molar refractivity (Wildman–Crippen MR) is 71.6 cm³/mol. The maximum Gasteiger partial charge on any atom is 0.333 e. The van der Waals surface area contributed by atoms with Gasteiger partial charge in [-0.25, -0.2) is 14.5 Å². The highest BCUT2D eigenvalue weighted by atomic mass is 16.2. The molecule has 8 heteroatoms. The van der Waals surface area contributed by atoms with Gasteiger partial charge in [-0.15, -0.1) is 0 Å². The van der Waals surface area contributed by atoms with E-state index in [1.165, 1.54) is 12.1 Å². The van der Waals surface area contributed by atoms with Crippen molar-refractivity contribution in [2.24, 2.45) is 0 Å². The Balaban J connectivity index is 2.23. The summed E-state index contributed by atoms with van der Waals surface area (Å²) in [5.41, 5.74) is 5.85. The molecule has 0 amide bonds. The van der Waals surface area contributed by atoms with E-state index in [2.05, 4.69) is 15.2 Å². The van der Waals surface area contributed by atoms with Crippen LogP contribution in [-0.2, 0) is 0 Å². The third-order valence-electron chi connectivity index (χ3n) is 2.81. The number of hydrogen-bond donors (Lipinski definition) is 3. The van der Waals surface area contributed by atoms with Gasteiger partial charge >= 0.3 is 5.69 Å². The normalized spacial score (nSPS) is 10.8. The molecule has 0 aliphatic carbocycles. The van der Waals surface area contributed by atoms with Gasteiger partial charge < -0.3 is 10.7 Å². The molecule has 0 radical (unpaired) electrons. The molecular weight excluding hydrogens is 262 g/mol. The number of aromatic nitrogens is 4. The second-order valence-electron chi connectivity index (χ2n) is 4.15. The van der Waals surface area contributed by atoms with E-state index in [0.717, 1.165) is 10.6 Å². The molecule has 0 spiro atoms. The maximum absolute atomic E-state index is 12.3. The Bertz CT molecular complexity index is 914. The topological polar surface area (TPSA) is 127 Å². The number of nitrogens with one attached hydrogen (secondary N) is 2. The molecule has 0 saturated carbocycles. The second kappa shape index (κ2) is 4.19. The zero-order valence-corrected chi connectivity index (χ0v) is 10.1. The molecule has 2 heterocycles. The largest absolute Gasteiger partial charge is 0.399 e. The summed E-state index contributed by atoms with van der Waals surface area (Å²) in [7, 11) is 0. The SMILES string of the molecule is Nc1ccc2[nH]c(=O)n(C(=O)c3ccc(=O)[nH]n3)c2c1. The van der Waals surface area contributed by atoms with Gasteiger partial charge in [0.2, 0.25) is 0 Å². The summed E-state index contributed by atoms with van der Waals surface area (Å²) in [5.74, 6) is -0.650. The first kappa shape index (κ1) is 11.9. The van der Waals surface area contributed by atoms with E-state index >= 15 is 0 Å². The number of hydrogen-bond acceptors (Lipinski definition) is 5. The zero-order chi connectivity index (χ0) is 14.3. The minimum atomic E-state index is -0.650. The molecule has 2 aromatic heterocycles. The number of imidazole rings is 1. The molecule has 0 fully saturated rings. The van der Waals surface area contributed by atoms with Crippen molar-refractivity contribution in [3.05, 3.63) is 56.9 Å². The van der Waals surface area contributed by atoms with E-state index in [4.69, 9.17) is 5.73 Å². The van der Waals surface area contributed by atoms with Gasteiger partial charge in [0.05, 0.1) is 11.0 Å². The standard InChI is InChI=1S/C12H9N5O3/c13-6-1-2-7-9(5-6)17(12(20)14-7)11(19)8-3-4-10(18)16-15-8/h1-5H,13H2,(H,14,20)(H,16,18). The Kier molecular flexibility index (Phi) is 2.50. The Labute approximate surface area is 110 Å². The van der Waals surface area contributed by atoms with E-state index in [0.29, 0.717) is 16.7 Å². The molecule has 3 rings (SSSR count). The van der Waals surface area contributed by atoms with Crippen molar-refractivity contribution in [2.45, 2.75) is 0 Å². The van der Waals surface area contributed by atoms with Gasteiger partial charge in [0.25, 0.3) is 11.5 Å². The third kappa shape index (κ3) is 1.79. The van der Waals surface area contributed by atoms with E-state index < -0.39 is 17.2 Å². The molecule has 0 aliphatic rings. The number of nitrogens with two attached hydrogens (primary N) is 1. The van der Waals surface area contributed by atoms with Crippen LogP contribution in [0.4, 0.5) is 5.69 Å². The fourth-order valence-electron chi connectivity index (χ4n) is 1.90. The number of H-pyrrole nitrogens is 2. The Hall–Kier alpha value is -3.16. The summed E-state index contributed by atoms with van der Waals surface area (Å²) in [5, 5.41) is 5.76. The molecule has 1 aromatic carbocycles. The number of benzene rings is 1. The van der Waals surface area contributed by atoms with Crippen LogP contribution in [0, 0.1) is 0 Å². The van der Waals surface area contributed by atoms with E-state index in [9.17, 15) is 14.4 Å². The second-order valence-corrected chi connectivity index (χ2v) is 4.15. The molecule has 8 nitrogen and oxygen atoms in total. The number of anilines is 1. The number of carbonyl (C=O) groups is 1. The van der Waals surface area contributed by atoms with Gasteiger partial charge in [0, 0.05) is 11.8 Å². The van der Waals surface area contributed by atoms with Crippen molar-refractivity contribution in [2.75, 3.05) is 5.73 Å². The van der Waals surface area contributed by atoms with E-state index in [1.807, 2.05) is 0 Å². The van der Waals surface area contributed by atoms with Crippen LogP contribution in [0.1, 0.15) is 10.5 Å². The Morgan fingerprint density at radius 2 is 2.00 bits per heavy atom. The monoisotopic (exact) mass is 271 g/mol. The molecule has 0 aliphatic heterocycles. The molecule has 100 valence electrons. The number of carbonyl (C=O) groups excluding carboxylic acids is 1. The highest BCUT2D eigenvalue weighted by Gasteiger charge is 2.17. The first-order valence-corrected chi connectivity index (χ1v) is 5.67. The van der Waals surface area contributed by atoms with Crippen molar-refractivity contribution >= 4 is 22.6 Å². The molecule has 0 saturated heterocycles. The van der Waals surface area contributed by atoms with Gasteiger partial charge in [0.1, 0.15) is 5.69 Å². The Morgan fingerprint density at radius 3 is 2.70 bits per heavy atom. The van der Waals surface area contributed by atoms with E-state index in [-0.39, 0.29) is 5.69 Å². The number of nitrogens with zero attached hydrogens (tertiary/aromatic N) is 2. The van der Waals surface area contributed by atoms with Crippen LogP contribution in [0.3, 0.4) is 0 Å². The molecule has 0 bridgehead atoms. The van der Waals surface area contributed by atoms with Crippen LogP contribution in [0.25, 0.3) is 11.0 Å². The lowest BCUT2D eigenvalue weighted by molar-refractivity contribution is 0.0955. The summed E-state index contributed by atoms with van der Waals surface area (Å²) < 4.78 is 0.923. The highest BCUT2D eigenvalue weighted by molar-refractivity contribution is 6.00. The lowest BCUT2D eigenvalue weighted by atomic mass is 10.2. The molecule has 0 atom stereocenters. The van der Waals surface area contributed by atoms with E-state index in [1.54, 1.807) is 12.1 Å². The van der Waals surface area contributed by atoms with Crippen molar-refractivity contribution in [1.29, 1.82) is 0 Å². The number of fused-ring (bicyclic) bond motifs is 1. The highest BCUT2D eigenvalue weighted by Crippen LogP contribution is 2.14. The molecular formula is C12H9N5O3. The van der Waals surface area contributed by atoms with Gasteiger partial charge in [-0.2, -0.15) is 5.10 Å². The number of rotatable bonds is 1. The number of aromatic amines is 2. The summed E-state index contributed by atoms with van der Waals surface area (Å²) in [6, 6.07) is 7.14. The summed E-state index contributed by atoms with van der Waals surface area (Å²) in [6.45, 7) is 0. The third-order valence-corrected chi connectivity index (χ3v) is 2.81. The van der Waals surface area contributed by atoms with Gasteiger partial charge in [-0.3, -0.25) is 9.59 Å². The van der Waals surface area contributed by atoms with Crippen LogP contribution >= 0.6 is 0 Å². The summed E-state index contributed by atoms with van der Waals surface area (Å²) in [6.07, 6.45) is 0. The van der Waals surface area contributed by atoms with Gasteiger partial charge in [-0.1, -0.05) is 0 Å². The summed E-state index contributed by atoms with van der Waals surface area (Å²) in [4.78, 5) is 37.6. The quantitative estimate of drug-likeness (QED) is 0.523. The zero-order valence-electron chi connectivity index (χ0n) is 10.1. The van der Waals surface area contributed by atoms with Crippen LogP contribution in [0.5, 0.6) is 0 Å². The molecule has 0 unspecified atom stereocenters. The minimum Gasteiger partial charge on any atom is -0.399 e. The maximum atomic E-state index is 12.3. The predicted octanol–water partition coefficient (Wildman–Crippen LogP) is -0.316. The fourth-order valence-corrected chi connectivity index (χ4v) is 1.90. The molecule has 3 aromatic rings. The smallest absolute Gasteiger partial charge is 0.333 e. The minimum absolute atomic E-state index is 0.0463. The van der Waals surface area contributed by atoms with Crippen molar-refractivity contribution in [3.63, 3.8) is 0 Å². The fraction of sp³-hybridized carbons (Fsp3) is 0. The Morgan fingerprint density at radius 1 is 1.20 bits per heavy atom. The van der Waals surface area contributed by atoms with Crippen LogP contribution in [0.2, 0.25) is 0 Å². The molecule has 4 N–H and O–H groups in total. The van der Waals surface area contributed by atoms with Crippen LogP contribution in [0.15, 0.2) is 39.9 Å². The lowest BCUT2D eigenvalue weighted by Crippen LogP contribution is -2.26. The van der Waals surface area contributed by atoms with Crippen LogP contribution in [-0.4, -0.2) is 25.7 Å². The first-order chi connectivity index (χ1) is 9.56. The average Bonchev–Trinajstić information content (AvgIpc) is 2.74. The first-order valence-electron chi connectivity index (χ1n) is 5.67.